The predicted molar refractivity (Wildman–Crippen MR) is 116 cm³/mol. The van der Waals surface area contributed by atoms with E-state index < -0.39 is 0 Å². The molecule has 0 bridgehead atoms. The van der Waals surface area contributed by atoms with Crippen LogP contribution in [-0.4, -0.2) is 47.3 Å². The molecule has 0 radical (unpaired) electrons. The number of aliphatic imine (C=N–C) groups is 1. The Morgan fingerprint density at radius 3 is 2.62 bits per heavy atom. The quantitative estimate of drug-likeness (QED) is 0.231. The standard InChI is InChI=1S/C18H32N6O.HI/c1-12(11-16-13(2)23-24(5)14(16)3)21-18(19-4)20-10-6-7-17(25)22-15-8-9-15;/h12,15H,6-11H2,1-5H3,(H,22,25)(H2,19,20,21);1H. The zero-order valence-electron chi connectivity index (χ0n) is 16.6. The number of hydrogen-bond acceptors (Lipinski definition) is 3. The van der Waals surface area contributed by atoms with Crippen molar-refractivity contribution in [1.82, 2.24) is 25.7 Å². The first-order chi connectivity index (χ1) is 11.9. The zero-order chi connectivity index (χ0) is 18.4. The van der Waals surface area contributed by atoms with E-state index in [1.165, 1.54) is 11.3 Å². The van der Waals surface area contributed by atoms with Gasteiger partial charge in [-0.05, 0) is 52.0 Å². The minimum atomic E-state index is 0. The van der Waals surface area contributed by atoms with Gasteiger partial charge in [0.15, 0.2) is 5.96 Å². The molecule has 1 fully saturated rings. The minimum absolute atomic E-state index is 0. The van der Waals surface area contributed by atoms with Crippen molar-refractivity contribution in [3.05, 3.63) is 17.0 Å². The van der Waals surface area contributed by atoms with E-state index in [0.29, 0.717) is 12.5 Å². The number of aromatic nitrogens is 2. The summed E-state index contributed by atoms with van der Waals surface area (Å²) in [7, 11) is 3.74. The van der Waals surface area contributed by atoms with Crippen LogP contribution >= 0.6 is 24.0 Å². The van der Waals surface area contributed by atoms with E-state index in [0.717, 1.165) is 43.9 Å². The molecule has 148 valence electrons. The van der Waals surface area contributed by atoms with Crippen molar-refractivity contribution >= 4 is 35.8 Å². The summed E-state index contributed by atoms with van der Waals surface area (Å²) in [6.07, 6.45) is 4.53. The smallest absolute Gasteiger partial charge is 0.220 e. The highest BCUT2D eigenvalue weighted by atomic mass is 127. The number of rotatable bonds is 8. The molecule has 1 aliphatic carbocycles. The molecule has 3 N–H and O–H groups in total. The molecule has 7 nitrogen and oxygen atoms in total. The number of guanidine groups is 1. The first-order valence-electron chi connectivity index (χ1n) is 9.16. The monoisotopic (exact) mass is 476 g/mol. The van der Waals surface area contributed by atoms with Gasteiger partial charge in [-0.3, -0.25) is 14.5 Å². The van der Waals surface area contributed by atoms with Crippen LogP contribution in [0.5, 0.6) is 0 Å². The number of hydrogen-bond donors (Lipinski definition) is 3. The molecule has 0 aliphatic heterocycles. The van der Waals surface area contributed by atoms with Crippen molar-refractivity contribution in [2.45, 2.75) is 65.0 Å². The number of carbonyl (C=O) groups is 1. The molecule has 26 heavy (non-hydrogen) atoms. The third-order valence-corrected chi connectivity index (χ3v) is 4.59. The number of nitrogens with zero attached hydrogens (tertiary/aromatic N) is 3. The fourth-order valence-electron chi connectivity index (χ4n) is 2.88. The molecule has 0 aromatic carbocycles. The average molecular weight is 476 g/mol. The number of amides is 1. The summed E-state index contributed by atoms with van der Waals surface area (Å²) in [5, 5.41) is 14.2. The molecule has 8 heteroatoms. The summed E-state index contributed by atoms with van der Waals surface area (Å²) in [4.78, 5) is 15.9. The fraction of sp³-hybridized carbons (Fsp3) is 0.722. The number of aryl methyl sites for hydroxylation is 2. The topological polar surface area (TPSA) is 83.3 Å². The molecule has 1 unspecified atom stereocenters. The maximum Gasteiger partial charge on any atom is 0.220 e. The van der Waals surface area contributed by atoms with Crippen LogP contribution in [0.15, 0.2) is 4.99 Å². The van der Waals surface area contributed by atoms with Crippen molar-refractivity contribution in [2.75, 3.05) is 13.6 Å². The number of carbonyl (C=O) groups excluding carboxylic acids is 1. The molecule has 2 rings (SSSR count). The third kappa shape index (κ3) is 7.13. The molecule has 0 saturated heterocycles. The van der Waals surface area contributed by atoms with Gasteiger partial charge in [-0.2, -0.15) is 5.10 Å². The van der Waals surface area contributed by atoms with Crippen molar-refractivity contribution < 1.29 is 4.79 Å². The average Bonchev–Trinajstić information content (AvgIpc) is 3.34. The zero-order valence-corrected chi connectivity index (χ0v) is 18.9. The van der Waals surface area contributed by atoms with Gasteiger partial charge in [-0.15, -0.1) is 24.0 Å². The Balaban J connectivity index is 0.00000338. The van der Waals surface area contributed by atoms with Crippen LogP contribution in [0.1, 0.15) is 49.6 Å². The van der Waals surface area contributed by atoms with Gasteiger partial charge in [0.05, 0.1) is 5.69 Å². The Morgan fingerprint density at radius 2 is 2.08 bits per heavy atom. The predicted octanol–water partition coefficient (Wildman–Crippen LogP) is 1.81. The van der Waals surface area contributed by atoms with Crippen molar-refractivity contribution in [3.8, 4) is 0 Å². The van der Waals surface area contributed by atoms with Gasteiger partial charge in [0.25, 0.3) is 0 Å². The molecule has 1 aromatic heterocycles. The first kappa shape index (κ1) is 22.7. The van der Waals surface area contributed by atoms with Gasteiger partial charge in [-0.25, -0.2) is 0 Å². The lowest BCUT2D eigenvalue weighted by molar-refractivity contribution is -0.121. The third-order valence-electron chi connectivity index (χ3n) is 4.59. The SMILES string of the molecule is CN=C(NCCCC(=O)NC1CC1)NC(C)Cc1c(C)nn(C)c1C.I. The van der Waals surface area contributed by atoms with E-state index in [9.17, 15) is 4.79 Å². The molecule has 1 amide bonds. The normalized spacial score (nSPS) is 15.2. The summed E-state index contributed by atoms with van der Waals surface area (Å²) in [6, 6.07) is 0.682. The largest absolute Gasteiger partial charge is 0.356 e. The second-order valence-electron chi connectivity index (χ2n) is 6.97. The van der Waals surface area contributed by atoms with Crippen LogP contribution in [0.4, 0.5) is 0 Å². The molecule has 1 aromatic rings. The van der Waals surface area contributed by atoms with Crippen LogP contribution in [0.25, 0.3) is 0 Å². The van der Waals surface area contributed by atoms with E-state index >= 15 is 0 Å². The summed E-state index contributed by atoms with van der Waals surface area (Å²) in [6.45, 7) is 7.02. The minimum Gasteiger partial charge on any atom is -0.356 e. The van der Waals surface area contributed by atoms with Crippen LogP contribution in [0.3, 0.4) is 0 Å². The lowest BCUT2D eigenvalue weighted by Gasteiger charge is -2.18. The first-order valence-corrected chi connectivity index (χ1v) is 9.16. The van der Waals surface area contributed by atoms with Gasteiger partial charge in [0, 0.05) is 44.8 Å². The van der Waals surface area contributed by atoms with Gasteiger partial charge >= 0.3 is 0 Å². The highest BCUT2D eigenvalue weighted by Crippen LogP contribution is 2.18. The van der Waals surface area contributed by atoms with Crippen LogP contribution < -0.4 is 16.0 Å². The lowest BCUT2D eigenvalue weighted by Crippen LogP contribution is -2.43. The Bertz CT molecular complexity index is 623. The Labute approximate surface area is 173 Å². The molecule has 1 saturated carbocycles. The summed E-state index contributed by atoms with van der Waals surface area (Å²) in [5.41, 5.74) is 3.57. The second-order valence-corrected chi connectivity index (χ2v) is 6.97. The van der Waals surface area contributed by atoms with Crippen molar-refractivity contribution in [1.29, 1.82) is 0 Å². The van der Waals surface area contributed by atoms with Gasteiger partial charge in [0.2, 0.25) is 5.91 Å². The van der Waals surface area contributed by atoms with Gasteiger partial charge in [-0.1, -0.05) is 0 Å². The van der Waals surface area contributed by atoms with Crippen molar-refractivity contribution in [3.63, 3.8) is 0 Å². The summed E-state index contributed by atoms with van der Waals surface area (Å²) >= 11 is 0. The van der Waals surface area contributed by atoms with Crippen molar-refractivity contribution in [2.24, 2.45) is 12.0 Å². The summed E-state index contributed by atoms with van der Waals surface area (Å²) < 4.78 is 1.93. The Kier molecular flexibility index (Phi) is 9.38. The van der Waals surface area contributed by atoms with Gasteiger partial charge in [0.1, 0.15) is 0 Å². The van der Waals surface area contributed by atoms with Gasteiger partial charge < -0.3 is 16.0 Å². The molecule has 1 heterocycles. The van der Waals surface area contributed by atoms with Crippen LogP contribution in [0.2, 0.25) is 0 Å². The van der Waals surface area contributed by atoms with Crippen LogP contribution in [-0.2, 0) is 18.3 Å². The van der Waals surface area contributed by atoms with E-state index in [1.807, 2.05) is 11.7 Å². The Hall–Kier alpha value is -1.32. The van der Waals surface area contributed by atoms with Crippen LogP contribution in [0, 0.1) is 13.8 Å². The molecular formula is C18H33IN6O. The Morgan fingerprint density at radius 1 is 1.38 bits per heavy atom. The maximum atomic E-state index is 11.7. The maximum absolute atomic E-state index is 11.7. The van der Waals surface area contributed by atoms with E-state index in [4.69, 9.17) is 0 Å². The van der Waals surface area contributed by atoms with E-state index in [-0.39, 0.29) is 35.9 Å². The molecular weight excluding hydrogens is 443 g/mol. The van der Waals surface area contributed by atoms with E-state index in [1.54, 1.807) is 7.05 Å². The summed E-state index contributed by atoms with van der Waals surface area (Å²) in [5.74, 6) is 0.928. The molecule has 1 atom stereocenters. The highest BCUT2D eigenvalue weighted by Gasteiger charge is 2.22. The number of nitrogens with one attached hydrogen (secondary N) is 3. The van der Waals surface area contributed by atoms with E-state index in [2.05, 4.69) is 46.8 Å². The lowest BCUT2D eigenvalue weighted by atomic mass is 10.1. The molecule has 0 spiro atoms. The fourth-order valence-corrected chi connectivity index (χ4v) is 2.88. The number of halogens is 1. The second kappa shape index (κ2) is 10.7. The molecule has 1 aliphatic rings. The highest BCUT2D eigenvalue weighted by molar-refractivity contribution is 14.0.